The van der Waals surface area contributed by atoms with Crippen LogP contribution in [0.1, 0.15) is 16.1 Å². The minimum Gasteiger partial charge on any atom is -0.350 e. The molecule has 1 saturated heterocycles. The molecule has 2 heterocycles. The zero-order chi connectivity index (χ0) is 17.5. The first-order chi connectivity index (χ1) is 11.3. The Hall–Kier alpha value is -0.570. The number of amides is 1. The normalized spacial score (nSPS) is 17.5. The highest BCUT2D eigenvalue weighted by atomic mass is 35.5. The molecular weight excluding hydrogens is 415 g/mol. The SMILES string of the molecule is O=C(NCCN1CCCS1(=O)=O)c1sc2cc(Cl)cc(Cl)c2c1Cl. The van der Waals surface area contributed by atoms with Crippen molar-refractivity contribution >= 4 is 72.2 Å². The van der Waals surface area contributed by atoms with Gasteiger partial charge in [0.1, 0.15) is 4.88 Å². The fourth-order valence-electron chi connectivity index (χ4n) is 2.57. The van der Waals surface area contributed by atoms with Gasteiger partial charge in [-0.15, -0.1) is 11.3 Å². The number of benzene rings is 1. The van der Waals surface area contributed by atoms with Crippen LogP contribution < -0.4 is 5.32 Å². The molecule has 10 heteroatoms. The molecule has 1 N–H and O–H groups in total. The van der Waals surface area contributed by atoms with Gasteiger partial charge in [-0.25, -0.2) is 12.7 Å². The Kier molecular flexibility index (Phi) is 5.30. The first kappa shape index (κ1) is 18.2. The van der Waals surface area contributed by atoms with E-state index in [1.165, 1.54) is 15.6 Å². The van der Waals surface area contributed by atoms with Crippen LogP contribution in [0.3, 0.4) is 0 Å². The van der Waals surface area contributed by atoms with Crippen LogP contribution in [0.2, 0.25) is 15.1 Å². The number of carbonyl (C=O) groups excluding carboxylic acids is 1. The number of nitrogens with zero attached hydrogens (tertiary/aromatic N) is 1. The lowest BCUT2D eigenvalue weighted by atomic mass is 10.2. The summed E-state index contributed by atoms with van der Waals surface area (Å²) in [5.74, 6) is -0.188. The molecule has 0 atom stereocenters. The van der Waals surface area contributed by atoms with Gasteiger partial charge in [0.15, 0.2) is 0 Å². The number of hydrogen-bond donors (Lipinski definition) is 1. The summed E-state index contributed by atoms with van der Waals surface area (Å²) in [6.07, 6.45) is 0.623. The van der Waals surface area contributed by atoms with Gasteiger partial charge in [0.2, 0.25) is 10.0 Å². The number of halogens is 3. The molecule has 130 valence electrons. The standard InChI is InChI=1S/C14H13Cl3N2O3S2/c15-8-6-9(16)11-10(7-8)23-13(12(11)17)14(20)18-2-4-19-3-1-5-24(19,21)22/h6-7H,1-5H2,(H,18,20). The molecule has 0 bridgehead atoms. The van der Waals surface area contributed by atoms with E-state index < -0.39 is 10.0 Å². The first-order valence-electron chi connectivity index (χ1n) is 7.12. The third kappa shape index (κ3) is 3.52. The Morgan fingerprint density at radius 2 is 2.04 bits per heavy atom. The highest BCUT2D eigenvalue weighted by Crippen LogP contribution is 2.41. The minimum atomic E-state index is -3.16. The third-order valence-corrected chi connectivity index (χ3v) is 7.80. The molecule has 5 nitrogen and oxygen atoms in total. The van der Waals surface area contributed by atoms with E-state index in [1.807, 2.05) is 0 Å². The summed E-state index contributed by atoms with van der Waals surface area (Å²) in [4.78, 5) is 12.7. The highest BCUT2D eigenvalue weighted by molar-refractivity contribution is 7.89. The van der Waals surface area contributed by atoms with Gasteiger partial charge < -0.3 is 5.32 Å². The largest absolute Gasteiger partial charge is 0.350 e. The van der Waals surface area contributed by atoms with Gasteiger partial charge in [-0.1, -0.05) is 34.8 Å². The average Bonchev–Trinajstić information content (AvgIpc) is 2.99. The summed E-state index contributed by atoms with van der Waals surface area (Å²) >= 11 is 19.6. The van der Waals surface area contributed by atoms with E-state index in [0.29, 0.717) is 33.3 Å². The van der Waals surface area contributed by atoms with Crippen molar-refractivity contribution in [3.8, 4) is 0 Å². The summed E-state index contributed by atoms with van der Waals surface area (Å²) in [5, 5.41) is 4.44. The Balaban J connectivity index is 1.73. The summed E-state index contributed by atoms with van der Waals surface area (Å²) in [6.45, 7) is 0.969. The fourth-order valence-corrected chi connectivity index (χ4v) is 6.40. The number of nitrogens with one attached hydrogen (secondary N) is 1. The van der Waals surface area contributed by atoms with Gasteiger partial charge in [0.25, 0.3) is 5.91 Å². The number of thiophene rings is 1. The van der Waals surface area contributed by atoms with Gasteiger partial charge in [-0.2, -0.15) is 0 Å². The van der Waals surface area contributed by atoms with Gasteiger partial charge in [0, 0.05) is 34.7 Å². The maximum Gasteiger partial charge on any atom is 0.262 e. The molecular formula is C14H13Cl3N2O3S2. The van der Waals surface area contributed by atoms with Crippen LogP contribution in [-0.4, -0.2) is 44.0 Å². The molecule has 24 heavy (non-hydrogen) atoms. The predicted octanol–water partition coefficient (Wildman–Crippen LogP) is 3.63. The van der Waals surface area contributed by atoms with Gasteiger partial charge in [-0.05, 0) is 18.6 Å². The number of rotatable bonds is 4. The summed E-state index contributed by atoms with van der Waals surface area (Å²) in [5.41, 5.74) is 0. The molecule has 2 aromatic rings. The smallest absolute Gasteiger partial charge is 0.262 e. The second kappa shape index (κ2) is 6.97. The second-order valence-electron chi connectivity index (χ2n) is 5.33. The summed E-state index contributed by atoms with van der Waals surface area (Å²) in [7, 11) is -3.16. The zero-order valence-corrected chi connectivity index (χ0v) is 16.2. The highest BCUT2D eigenvalue weighted by Gasteiger charge is 2.28. The topological polar surface area (TPSA) is 66.5 Å². The number of carbonyl (C=O) groups is 1. The molecule has 1 fully saturated rings. The van der Waals surface area contributed by atoms with E-state index in [9.17, 15) is 13.2 Å². The fraction of sp³-hybridized carbons (Fsp3) is 0.357. The minimum absolute atomic E-state index is 0.169. The predicted molar refractivity (Wildman–Crippen MR) is 99.2 cm³/mol. The monoisotopic (exact) mass is 426 g/mol. The lowest BCUT2D eigenvalue weighted by Crippen LogP contribution is -2.35. The maximum absolute atomic E-state index is 12.3. The van der Waals surface area contributed by atoms with Crippen molar-refractivity contribution in [3.05, 3.63) is 32.1 Å². The molecule has 1 aromatic heterocycles. The van der Waals surface area contributed by atoms with E-state index in [0.717, 1.165) is 4.70 Å². The van der Waals surface area contributed by atoms with Crippen LogP contribution in [0.4, 0.5) is 0 Å². The van der Waals surface area contributed by atoms with Crippen molar-refractivity contribution in [2.24, 2.45) is 0 Å². The molecule has 1 amide bonds. The van der Waals surface area contributed by atoms with Gasteiger partial charge in [0.05, 0.1) is 15.8 Å². The Morgan fingerprint density at radius 1 is 1.29 bits per heavy atom. The van der Waals surface area contributed by atoms with Crippen molar-refractivity contribution in [1.82, 2.24) is 9.62 Å². The van der Waals surface area contributed by atoms with Crippen LogP contribution >= 0.6 is 46.1 Å². The second-order valence-corrected chi connectivity index (χ2v) is 9.69. The molecule has 0 saturated carbocycles. The molecule has 1 aliphatic heterocycles. The van der Waals surface area contributed by atoms with Crippen LogP contribution in [0.5, 0.6) is 0 Å². The van der Waals surface area contributed by atoms with Crippen molar-refractivity contribution in [2.45, 2.75) is 6.42 Å². The van der Waals surface area contributed by atoms with Crippen LogP contribution in [-0.2, 0) is 10.0 Å². The van der Waals surface area contributed by atoms with Crippen LogP contribution in [0.25, 0.3) is 10.1 Å². The Labute approximate surface area is 158 Å². The van der Waals surface area contributed by atoms with E-state index >= 15 is 0 Å². The number of fused-ring (bicyclic) bond motifs is 1. The molecule has 1 aliphatic rings. The van der Waals surface area contributed by atoms with Crippen LogP contribution in [0, 0.1) is 0 Å². The lowest BCUT2D eigenvalue weighted by molar-refractivity contribution is 0.0956. The third-order valence-electron chi connectivity index (χ3n) is 3.71. The first-order valence-corrected chi connectivity index (χ1v) is 10.7. The van der Waals surface area contributed by atoms with Gasteiger partial charge >= 0.3 is 0 Å². The molecule has 0 radical (unpaired) electrons. The Morgan fingerprint density at radius 3 is 2.71 bits per heavy atom. The van der Waals surface area contributed by atoms with Crippen molar-refractivity contribution in [2.75, 3.05) is 25.4 Å². The molecule has 0 spiro atoms. The molecule has 1 aromatic carbocycles. The summed E-state index contributed by atoms with van der Waals surface area (Å²) in [6, 6.07) is 3.27. The van der Waals surface area contributed by atoms with Gasteiger partial charge in [-0.3, -0.25) is 4.79 Å². The molecule has 0 unspecified atom stereocenters. The van der Waals surface area contributed by atoms with E-state index in [2.05, 4.69) is 5.32 Å². The molecule has 0 aliphatic carbocycles. The van der Waals surface area contributed by atoms with Crippen molar-refractivity contribution in [3.63, 3.8) is 0 Å². The zero-order valence-electron chi connectivity index (χ0n) is 12.3. The maximum atomic E-state index is 12.3. The van der Waals surface area contributed by atoms with Crippen molar-refractivity contribution in [1.29, 1.82) is 0 Å². The van der Waals surface area contributed by atoms with E-state index in [1.54, 1.807) is 12.1 Å². The number of hydrogen-bond acceptors (Lipinski definition) is 4. The van der Waals surface area contributed by atoms with Crippen molar-refractivity contribution < 1.29 is 13.2 Å². The molecule has 3 rings (SSSR count). The van der Waals surface area contributed by atoms with E-state index in [4.69, 9.17) is 34.8 Å². The quantitative estimate of drug-likeness (QED) is 0.810. The van der Waals surface area contributed by atoms with Crippen LogP contribution in [0.15, 0.2) is 12.1 Å². The average molecular weight is 428 g/mol. The summed E-state index contributed by atoms with van der Waals surface area (Å²) < 4.78 is 25.5. The lowest BCUT2D eigenvalue weighted by Gasteiger charge is -2.14. The number of sulfonamides is 1. The van der Waals surface area contributed by atoms with E-state index in [-0.39, 0.29) is 29.8 Å². The Bertz CT molecular complexity index is 912.